The van der Waals surface area contributed by atoms with Gasteiger partial charge in [-0.1, -0.05) is 64.7 Å². The highest BCUT2D eigenvalue weighted by molar-refractivity contribution is 5.76. The van der Waals surface area contributed by atoms with Gasteiger partial charge >= 0.3 is 11.9 Å². The Kier molecular flexibility index (Phi) is 21.7. The van der Waals surface area contributed by atoms with E-state index in [-0.39, 0.29) is 30.6 Å². The van der Waals surface area contributed by atoms with E-state index in [4.69, 9.17) is 32.8 Å². The Bertz CT molecular complexity index is 531. The molecular weight excluding hydrogens is 414 g/mol. The highest BCUT2D eigenvalue weighted by atomic mass is 16.4. The molecule has 2 atom stereocenters. The fourth-order valence-electron chi connectivity index (χ4n) is 3.09. The van der Waals surface area contributed by atoms with Crippen LogP contribution < -0.4 is 22.5 Å². The third-order valence-electron chi connectivity index (χ3n) is 5.09. The number of carbonyl (C=O) groups excluding carboxylic acids is 1. The second-order valence-electron chi connectivity index (χ2n) is 8.08. The van der Waals surface area contributed by atoms with Crippen LogP contribution in [-0.2, 0) is 14.4 Å². The lowest BCUT2D eigenvalue weighted by Crippen LogP contribution is -2.31. The lowest BCUT2D eigenvalue weighted by Gasteiger charge is -2.13. The number of amides is 1. The van der Waals surface area contributed by atoms with E-state index in [1.54, 1.807) is 0 Å². The number of unbranched alkanes of at least 4 members (excludes halogenated alkanes) is 8. The quantitative estimate of drug-likeness (QED) is 0.0865. The Balaban J connectivity index is 0. The molecule has 10 nitrogen and oxygen atoms in total. The largest absolute Gasteiger partial charge is 0.481 e. The molecule has 0 aliphatic rings. The molecule has 0 aliphatic carbocycles. The minimum atomic E-state index is -1.17. The van der Waals surface area contributed by atoms with E-state index in [0.29, 0.717) is 6.54 Å². The third-order valence-corrected chi connectivity index (χ3v) is 5.09. The highest BCUT2D eigenvalue weighted by Crippen LogP contribution is 2.17. The number of aliphatic carboxylic acids is 2. The Morgan fingerprint density at radius 2 is 1.34 bits per heavy atom. The van der Waals surface area contributed by atoms with Crippen molar-refractivity contribution < 1.29 is 24.6 Å². The summed E-state index contributed by atoms with van der Waals surface area (Å²) < 4.78 is 0. The van der Waals surface area contributed by atoms with Gasteiger partial charge in [0.1, 0.15) is 6.04 Å². The van der Waals surface area contributed by atoms with E-state index in [9.17, 15) is 14.4 Å². The molecule has 0 aromatic carbocycles. The highest BCUT2D eigenvalue weighted by Gasteiger charge is 2.14. The van der Waals surface area contributed by atoms with Gasteiger partial charge in [-0.15, -0.1) is 0 Å². The molecule has 32 heavy (non-hydrogen) atoms. The fourth-order valence-corrected chi connectivity index (χ4v) is 3.09. The van der Waals surface area contributed by atoms with Crippen molar-refractivity contribution in [3.8, 4) is 0 Å². The topological polar surface area (TPSA) is 206 Å². The van der Waals surface area contributed by atoms with Crippen LogP contribution in [0, 0.1) is 11.3 Å². The molecule has 0 bridgehead atoms. The number of carboxylic acids is 2. The third kappa shape index (κ3) is 23.9. The van der Waals surface area contributed by atoms with Crippen molar-refractivity contribution in [2.24, 2.45) is 23.1 Å². The maximum atomic E-state index is 11.5. The Labute approximate surface area is 192 Å². The van der Waals surface area contributed by atoms with Crippen LogP contribution in [0.1, 0.15) is 96.8 Å². The minimum absolute atomic E-state index is 0.00499. The summed E-state index contributed by atoms with van der Waals surface area (Å²) in [7, 11) is 0. The summed E-state index contributed by atoms with van der Waals surface area (Å²) in [5.74, 6) is -2.34. The first-order valence-electron chi connectivity index (χ1n) is 11.7. The maximum Gasteiger partial charge on any atom is 0.320 e. The van der Waals surface area contributed by atoms with E-state index >= 15 is 0 Å². The van der Waals surface area contributed by atoms with Crippen molar-refractivity contribution in [3.63, 3.8) is 0 Å². The van der Waals surface area contributed by atoms with Gasteiger partial charge < -0.3 is 32.7 Å². The molecule has 0 saturated carbocycles. The normalized spacial score (nSPS) is 12.2. The summed E-state index contributed by atoms with van der Waals surface area (Å²) in [5, 5.41) is 26.1. The van der Waals surface area contributed by atoms with E-state index < -0.39 is 18.0 Å². The predicted octanol–water partition coefficient (Wildman–Crippen LogP) is 2.54. The summed E-state index contributed by atoms with van der Waals surface area (Å²) in [5.41, 5.74) is 15.7. The number of carbonyl (C=O) groups is 3. The Morgan fingerprint density at radius 3 is 1.78 bits per heavy atom. The van der Waals surface area contributed by atoms with Gasteiger partial charge in [0.2, 0.25) is 5.91 Å². The van der Waals surface area contributed by atoms with Crippen LogP contribution in [0.3, 0.4) is 0 Å². The molecule has 0 spiro atoms. The van der Waals surface area contributed by atoms with Crippen molar-refractivity contribution in [3.05, 3.63) is 0 Å². The van der Waals surface area contributed by atoms with Gasteiger partial charge in [-0.25, -0.2) is 0 Å². The number of primary amides is 1. The molecule has 0 fully saturated rings. The van der Waals surface area contributed by atoms with Gasteiger partial charge in [0.05, 0.1) is 0 Å². The number of rotatable bonds is 19. The fraction of sp³-hybridized carbons (Fsp3) is 0.818. The zero-order chi connectivity index (χ0) is 24.8. The SMILES string of the molecule is CCCCCCCCCCC(CCCCNC(=N)N)C(N)=O.NC(CCC(=O)O)C(=O)O. The molecule has 0 heterocycles. The first kappa shape index (κ1) is 31.8. The van der Waals surface area contributed by atoms with Gasteiger partial charge in [-0.3, -0.25) is 19.8 Å². The molecular formula is C22H45N5O5. The molecule has 2 unspecified atom stereocenters. The number of hydrogen-bond acceptors (Lipinski definition) is 5. The number of carboxylic acid groups (broad SMARTS) is 2. The number of nitrogens with one attached hydrogen (secondary N) is 2. The van der Waals surface area contributed by atoms with Crippen LogP contribution >= 0.6 is 0 Å². The van der Waals surface area contributed by atoms with Crippen molar-refractivity contribution in [2.45, 2.75) is 103 Å². The van der Waals surface area contributed by atoms with Crippen LogP contribution in [-0.4, -0.2) is 46.6 Å². The number of hydrogen-bond donors (Lipinski definition) is 7. The summed E-state index contributed by atoms with van der Waals surface area (Å²) in [6.45, 7) is 2.93. The van der Waals surface area contributed by atoms with Crippen LogP contribution in [0.5, 0.6) is 0 Å². The van der Waals surface area contributed by atoms with E-state index in [0.717, 1.165) is 32.1 Å². The Morgan fingerprint density at radius 1 is 0.844 bits per heavy atom. The molecule has 0 aliphatic heterocycles. The van der Waals surface area contributed by atoms with Crippen LogP contribution in [0.25, 0.3) is 0 Å². The lowest BCUT2D eigenvalue weighted by molar-refractivity contribution is -0.139. The first-order valence-corrected chi connectivity index (χ1v) is 11.7. The predicted molar refractivity (Wildman–Crippen MR) is 126 cm³/mol. The van der Waals surface area contributed by atoms with Crippen LogP contribution in [0.4, 0.5) is 0 Å². The summed E-state index contributed by atoms with van der Waals surface area (Å²) in [6.07, 6.45) is 13.7. The average molecular weight is 460 g/mol. The van der Waals surface area contributed by atoms with Crippen molar-refractivity contribution in [1.82, 2.24) is 5.32 Å². The monoisotopic (exact) mass is 459 g/mol. The standard InChI is InChI=1S/C17H36N4O.C5H9NO4/c1-2-3-4-5-6-7-8-9-12-15(16(18)22)13-10-11-14-21-17(19)20;6-3(5(9)10)1-2-4(7)8/h15H,2-14H2,1H3,(H2,18,22)(H4,19,20,21);3H,1-2,6H2,(H,7,8)(H,9,10). The number of guanidine groups is 1. The summed E-state index contributed by atoms with van der Waals surface area (Å²) in [6, 6.07) is -1.06. The van der Waals surface area contributed by atoms with E-state index in [2.05, 4.69) is 12.2 Å². The number of nitrogens with two attached hydrogens (primary N) is 3. The molecule has 10 N–H and O–H groups in total. The molecule has 188 valence electrons. The van der Waals surface area contributed by atoms with Gasteiger partial charge in [0.15, 0.2) is 5.96 Å². The van der Waals surface area contributed by atoms with Gasteiger partial charge in [0, 0.05) is 18.9 Å². The molecule has 0 aromatic rings. The minimum Gasteiger partial charge on any atom is -0.481 e. The van der Waals surface area contributed by atoms with Crippen molar-refractivity contribution >= 4 is 23.8 Å². The molecule has 0 rings (SSSR count). The molecule has 10 heteroatoms. The zero-order valence-electron chi connectivity index (χ0n) is 19.6. The smallest absolute Gasteiger partial charge is 0.320 e. The van der Waals surface area contributed by atoms with Crippen molar-refractivity contribution in [2.75, 3.05) is 6.54 Å². The second-order valence-corrected chi connectivity index (χ2v) is 8.08. The lowest BCUT2D eigenvalue weighted by atomic mass is 9.94. The van der Waals surface area contributed by atoms with E-state index in [1.807, 2.05) is 0 Å². The van der Waals surface area contributed by atoms with Crippen molar-refractivity contribution in [1.29, 1.82) is 5.41 Å². The van der Waals surface area contributed by atoms with Gasteiger partial charge in [-0.05, 0) is 25.7 Å². The Hall–Kier alpha value is -2.36. The molecule has 1 amide bonds. The molecule has 0 radical (unpaired) electrons. The first-order chi connectivity index (χ1) is 15.1. The van der Waals surface area contributed by atoms with Crippen LogP contribution in [0.15, 0.2) is 0 Å². The maximum absolute atomic E-state index is 11.5. The summed E-state index contributed by atoms with van der Waals surface area (Å²) >= 11 is 0. The van der Waals surface area contributed by atoms with Gasteiger partial charge in [-0.2, -0.15) is 0 Å². The van der Waals surface area contributed by atoms with Crippen LogP contribution in [0.2, 0.25) is 0 Å². The second kappa shape index (κ2) is 21.9. The summed E-state index contributed by atoms with van der Waals surface area (Å²) in [4.78, 5) is 31.3. The zero-order valence-corrected chi connectivity index (χ0v) is 19.6. The van der Waals surface area contributed by atoms with E-state index in [1.165, 1.54) is 44.9 Å². The average Bonchev–Trinajstić information content (AvgIpc) is 2.71. The van der Waals surface area contributed by atoms with Gasteiger partial charge in [0.25, 0.3) is 0 Å². The molecule has 0 saturated heterocycles. The molecule has 0 aromatic heterocycles.